The SMILES string of the molecule is Cc1c(C(=O)NCC2CC2C)cc(F)cc1S(=O)(=O)Cl. The van der Waals surface area contributed by atoms with Crippen molar-refractivity contribution < 1.29 is 17.6 Å². The van der Waals surface area contributed by atoms with E-state index in [0.29, 0.717) is 18.4 Å². The van der Waals surface area contributed by atoms with Crippen molar-refractivity contribution in [3.05, 3.63) is 29.1 Å². The van der Waals surface area contributed by atoms with Crippen molar-refractivity contribution >= 4 is 25.6 Å². The molecule has 7 heteroatoms. The van der Waals surface area contributed by atoms with Gasteiger partial charge in [-0.3, -0.25) is 4.79 Å². The Labute approximate surface area is 121 Å². The Balaban J connectivity index is 2.26. The fourth-order valence-electron chi connectivity index (χ4n) is 2.15. The van der Waals surface area contributed by atoms with Gasteiger partial charge in [0.2, 0.25) is 0 Å². The molecule has 0 spiro atoms. The zero-order chi connectivity index (χ0) is 15.1. The lowest BCUT2D eigenvalue weighted by molar-refractivity contribution is 0.0950. The number of halogens is 2. The molecule has 1 fully saturated rings. The molecule has 4 nitrogen and oxygen atoms in total. The van der Waals surface area contributed by atoms with E-state index in [-0.39, 0.29) is 16.0 Å². The molecule has 1 saturated carbocycles. The van der Waals surface area contributed by atoms with E-state index in [0.717, 1.165) is 18.6 Å². The molecule has 20 heavy (non-hydrogen) atoms. The standard InChI is InChI=1S/C13H15ClFNO3S/c1-7-3-9(7)6-16-13(17)11-4-10(15)5-12(8(11)2)20(14,18)19/h4-5,7,9H,3,6H2,1-2H3,(H,16,17). The van der Waals surface area contributed by atoms with E-state index in [1.54, 1.807) is 0 Å². The average molecular weight is 320 g/mol. The van der Waals surface area contributed by atoms with Crippen molar-refractivity contribution in [1.29, 1.82) is 0 Å². The molecular weight excluding hydrogens is 305 g/mol. The van der Waals surface area contributed by atoms with Crippen LogP contribution in [-0.2, 0) is 9.05 Å². The fourth-order valence-corrected chi connectivity index (χ4v) is 3.36. The highest BCUT2D eigenvalue weighted by molar-refractivity contribution is 8.13. The first-order chi connectivity index (χ1) is 9.20. The van der Waals surface area contributed by atoms with Crippen molar-refractivity contribution in [2.24, 2.45) is 11.8 Å². The lowest BCUT2D eigenvalue weighted by Crippen LogP contribution is -2.27. The van der Waals surface area contributed by atoms with Crippen molar-refractivity contribution in [1.82, 2.24) is 5.32 Å². The first-order valence-corrected chi connectivity index (χ1v) is 8.54. The summed E-state index contributed by atoms with van der Waals surface area (Å²) < 4.78 is 36.2. The minimum absolute atomic E-state index is 0.00229. The second-order valence-electron chi connectivity index (χ2n) is 5.20. The Bertz CT molecular complexity index is 660. The Morgan fingerprint density at radius 2 is 2.10 bits per heavy atom. The predicted octanol–water partition coefficient (Wildman–Crippen LogP) is 2.45. The fraction of sp³-hybridized carbons (Fsp3) is 0.462. The number of hydrogen-bond acceptors (Lipinski definition) is 3. The molecule has 1 aromatic rings. The lowest BCUT2D eigenvalue weighted by Gasteiger charge is -2.10. The number of benzene rings is 1. The minimum Gasteiger partial charge on any atom is -0.352 e. The van der Waals surface area contributed by atoms with E-state index in [2.05, 4.69) is 12.2 Å². The quantitative estimate of drug-likeness (QED) is 0.867. The van der Waals surface area contributed by atoms with Crippen LogP contribution < -0.4 is 5.32 Å². The van der Waals surface area contributed by atoms with Gasteiger partial charge in [-0.1, -0.05) is 6.92 Å². The molecule has 1 N–H and O–H groups in total. The molecule has 2 unspecified atom stereocenters. The number of nitrogens with one attached hydrogen (secondary N) is 1. The van der Waals surface area contributed by atoms with Gasteiger partial charge >= 0.3 is 0 Å². The van der Waals surface area contributed by atoms with Gasteiger partial charge in [-0.05, 0) is 42.9 Å². The second kappa shape index (κ2) is 5.33. The van der Waals surface area contributed by atoms with E-state index in [1.807, 2.05) is 0 Å². The molecule has 1 aliphatic rings. The summed E-state index contributed by atoms with van der Waals surface area (Å²) in [6, 6.07) is 1.84. The summed E-state index contributed by atoms with van der Waals surface area (Å²) in [4.78, 5) is 11.6. The van der Waals surface area contributed by atoms with Gasteiger partial charge in [-0.25, -0.2) is 12.8 Å². The molecule has 110 valence electrons. The summed E-state index contributed by atoms with van der Waals surface area (Å²) in [6.45, 7) is 4.03. The van der Waals surface area contributed by atoms with Gasteiger partial charge in [-0.15, -0.1) is 0 Å². The first-order valence-electron chi connectivity index (χ1n) is 6.23. The molecular formula is C13H15ClFNO3S. The highest BCUT2D eigenvalue weighted by Crippen LogP contribution is 2.36. The third kappa shape index (κ3) is 3.30. The molecule has 1 aromatic carbocycles. The van der Waals surface area contributed by atoms with Crippen LogP contribution in [0, 0.1) is 24.6 Å². The Hall–Kier alpha value is -1.14. The van der Waals surface area contributed by atoms with E-state index in [1.165, 1.54) is 6.92 Å². The Kier molecular flexibility index (Phi) is 4.07. The third-order valence-electron chi connectivity index (χ3n) is 3.63. The molecule has 1 amide bonds. The van der Waals surface area contributed by atoms with Crippen LogP contribution in [0.3, 0.4) is 0 Å². The molecule has 0 heterocycles. The largest absolute Gasteiger partial charge is 0.352 e. The highest BCUT2D eigenvalue weighted by atomic mass is 35.7. The molecule has 0 bridgehead atoms. The van der Waals surface area contributed by atoms with Crippen LogP contribution in [0.4, 0.5) is 4.39 Å². The number of amides is 1. The van der Waals surface area contributed by atoms with E-state index >= 15 is 0 Å². The van der Waals surface area contributed by atoms with Crippen LogP contribution in [-0.4, -0.2) is 20.9 Å². The van der Waals surface area contributed by atoms with Crippen molar-refractivity contribution in [2.45, 2.75) is 25.2 Å². The van der Waals surface area contributed by atoms with Crippen LogP contribution in [0.1, 0.15) is 29.3 Å². The third-order valence-corrected chi connectivity index (χ3v) is 5.08. The van der Waals surface area contributed by atoms with E-state index in [9.17, 15) is 17.6 Å². The average Bonchev–Trinajstić information content (AvgIpc) is 3.03. The van der Waals surface area contributed by atoms with Gasteiger partial charge in [-0.2, -0.15) is 0 Å². The molecule has 0 aromatic heterocycles. The molecule has 0 aliphatic heterocycles. The zero-order valence-electron chi connectivity index (χ0n) is 11.1. The normalized spacial score (nSPS) is 21.6. The number of carbonyl (C=O) groups is 1. The summed E-state index contributed by atoms with van der Waals surface area (Å²) in [5.74, 6) is -0.255. The van der Waals surface area contributed by atoms with Crippen LogP contribution in [0.5, 0.6) is 0 Å². The van der Waals surface area contributed by atoms with Crippen molar-refractivity contribution in [3.63, 3.8) is 0 Å². The van der Waals surface area contributed by atoms with Gasteiger partial charge in [0, 0.05) is 22.8 Å². The van der Waals surface area contributed by atoms with Crippen molar-refractivity contribution in [2.75, 3.05) is 6.54 Å². The summed E-state index contributed by atoms with van der Waals surface area (Å²) in [6.07, 6.45) is 1.06. The maximum Gasteiger partial charge on any atom is 0.261 e. The van der Waals surface area contributed by atoms with Gasteiger partial charge in [0.15, 0.2) is 0 Å². The van der Waals surface area contributed by atoms with Crippen LogP contribution >= 0.6 is 10.7 Å². The highest BCUT2D eigenvalue weighted by Gasteiger charge is 2.32. The summed E-state index contributed by atoms with van der Waals surface area (Å²) in [7, 11) is 1.16. The summed E-state index contributed by atoms with van der Waals surface area (Å²) in [5.41, 5.74) is 0.153. The van der Waals surface area contributed by atoms with E-state index in [4.69, 9.17) is 10.7 Å². The topological polar surface area (TPSA) is 63.2 Å². The monoisotopic (exact) mass is 319 g/mol. The minimum atomic E-state index is -4.09. The maximum absolute atomic E-state index is 13.5. The molecule has 0 radical (unpaired) electrons. The summed E-state index contributed by atoms with van der Waals surface area (Å²) >= 11 is 0. The maximum atomic E-state index is 13.5. The summed E-state index contributed by atoms with van der Waals surface area (Å²) in [5, 5.41) is 2.69. The number of rotatable bonds is 4. The van der Waals surface area contributed by atoms with Gasteiger partial charge in [0.25, 0.3) is 15.0 Å². The van der Waals surface area contributed by atoms with Crippen LogP contribution in [0.2, 0.25) is 0 Å². The first kappa shape index (κ1) is 15.3. The van der Waals surface area contributed by atoms with Crippen molar-refractivity contribution in [3.8, 4) is 0 Å². The second-order valence-corrected chi connectivity index (χ2v) is 7.73. The number of hydrogen-bond donors (Lipinski definition) is 1. The molecule has 1 aliphatic carbocycles. The molecule has 2 rings (SSSR count). The van der Waals surface area contributed by atoms with E-state index < -0.39 is 20.8 Å². The molecule has 2 atom stereocenters. The van der Waals surface area contributed by atoms with Crippen LogP contribution in [0.15, 0.2) is 17.0 Å². The van der Waals surface area contributed by atoms with Gasteiger partial charge in [0.1, 0.15) is 5.82 Å². The smallest absolute Gasteiger partial charge is 0.261 e. The predicted molar refractivity (Wildman–Crippen MR) is 73.8 cm³/mol. The lowest BCUT2D eigenvalue weighted by atomic mass is 10.1. The number of carbonyl (C=O) groups excluding carboxylic acids is 1. The van der Waals surface area contributed by atoms with Crippen LogP contribution in [0.25, 0.3) is 0 Å². The Morgan fingerprint density at radius 3 is 2.60 bits per heavy atom. The Morgan fingerprint density at radius 1 is 1.50 bits per heavy atom. The molecule has 0 saturated heterocycles. The van der Waals surface area contributed by atoms with Gasteiger partial charge in [0.05, 0.1) is 4.90 Å². The van der Waals surface area contributed by atoms with Gasteiger partial charge < -0.3 is 5.32 Å². The zero-order valence-corrected chi connectivity index (χ0v) is 12.7.